The predicted molar refractivity (Wildman–Crippen MR) is 111 cm³/mol. The molecule has 7 heteroatoms. The fraction of sp³-hybridized carbons (Fsp3) is 0.227. The molecule has 5 nitrogen and oxygen atoms in total. The highest BCUT2D eigenvalue weighted by Gasteiger charge is 2.29. The summed E-state index contributed by atoms with van der Waals surface area (Å²) in [7, 11) is 0. The zero-order valence-electron chi connectivity index (χ0n) is 15.7. The number of hydrogen-bond acceptors (Lipinski definition) is 4. The number of thiophene rings is 1. The number of fused-ring (bicyclic) bond motifs is 1. The van der Waals surface area contributed by atoms with E-state index in [1.807, 2.05) is 22.8 Å². The lowest BCUT2D eigenvalue weighted by molar-refractivity contribution is 0.0700. The number of hydrogen-bond donors (Lipinski definition) is 0. The van der Waals surface area contributed by atoms with Crippen molar-refractivity contribution in [3.63, 3.8) is 0 Å². The SMILES string of the molecule is O=C(c1ccccc1F)N1CCC[C@@H](c2nc3ccc(-c4cccs4)cn3n2)C1. The van der Waals surface area contributed by atoms with Crippen LogP contribution in [0.1, 0.15) is 34.9 Å². The van der Waals surface area contributed by atoms with Gasteiger partial charge in [-0.3, -0.25) is 4.79 Å². The van der Waals surface area contributed by atoms with Gasteiger partial charge in [-0.05, 0) is 48.6 Å². The molecule has 1 fully saturated rings. The average molecular weight is 406 g/mol. The van der Waals surface area contributed by atoms with Crippen LogP contribution >= 0.6 is 11.3 Å². The van der Waals surface area contributed by atoms with E-state index in [1.54, 1.807) is 28.4 Å². The second-order valence-corrected chi connectivity index (χ2v) is 8.19. The molecule has 0 radical (unpaired) electrons. The average Bonchev–Trinajstić information content (AvgIpc) is 3.43. The van der Waals surface area contributed by atoms with E-state index in [1.165, 1.54) is 17.0 Å². The molecule has 1 atom stereocenters. The summed E-state index contributed by atoms with van der Waals surface area (Å²) in [5.74, 6) is 0.0343. The highest BCUT2D eigenvalue weighted by atomic mass is 32.1. The van der Waals surface area contributed by atoms with Crippen molar-refractivity contribution in [1.29, 1.82) is 0 Å². The fourth-order valence-electron chi connectivity index (χ4n) is 3.84. The molecule has 0 N–H and O–H groups in total. The van der Waals surface area contributed by atoms with Crippen LogP contribution in [0.25, 0.3) is 16.1 Å². The van der Waals surface area contributed by atoms with Crippen LogP contribution in [-0.2, 0) is 0 Å². The number of piperidine rings is 1. The number of nitrogens with zero attached hydrogens (tertiary/aromatic N) is 4. The van der Waals surface area contributed by atoms with E-state index in [0.717, 1.165) is 29.9 Å². The van der Waals surface area contributed by atoms with Crippen LogP contribution in [0, 0.1) is 5.82 Å². The monoisotopic (exact) mass is 406 g/mol. The summed E-state index contributed by atoms with van der Waals surface area (Å²) in [4.78, 5) is 20.4. The van der Waals surface area contributed by atoms with Gasteiger partial charge in [0.15, 0.2) is 11.5 Å². The fourth-order valence-corrected chi connectivity index (χ4v) is 4.56. The van der Waals surface area contributed by atoms with Crippen LogP contribution in [0.3, 0.4) is 0 Å². The van der Waals surface area contributed by atoms with Crippen molar-refractivity contribution in [3.8, 4) is 10.4 Å². The first kappa shape index (κ1) is 18.0. The van der Waals surface area contributed by atoms with Gasteiger partial charge < -0.3 is 4.90 Å². The van der Waals surface area contributed by atoms with Crippen molar-refractivity contribution in [2.45, 2.75) is 18.8 Å². The summed E-state index contributed by atoms with van der Waals surface area (Å²) in [6, 6.07) is 14.3. The van der Waals surface area contributed by atoms with Gasteiger partial charge in [0, 0.05) is 35.6 Å². The Morgan fingerprint density at radius 2 is 2.03 bits per heavy atom. The molecule has 146 valence electrons. The van der Waals surface area contributed by atoms with Crippen molar-refractivity contribution in [2.75, 3.05) is 13.1 Å². The quantitative estimate of drug-likeness (QED) is 0.499. The van der Waals surface area contributed by atoms with Gasteiger partial charge in [0.05, 0.1) is 5.56 Å². The molecule has 1 aromatic carbocycles. The summed E-state index contributed by atoms with van der Waals surface area (Å²) in [5, 5.41) is 6.74. The molecule has 1 saturated heterocycles. The molecule has 1 aliphatic heterocycles. The van der Waals surface area contributed by atoms with E-state index in [2.05, 4.69) is 27.6 Å². The van der Waals surface area contributed by atoms with E-state index >= 15 is 0 Å². The summed E-state index contributed by atoms with van der Waals surface area (Å²) in [6.07, 6.45) is 3.75. The number of rotatable bonds is 3. The number of amides is 1. The molecule has 0 bridgehead atoms. The van der Waals surface area contributed by atoms with Gasteiger partial charge in [-0.25, -0.2) is 13.9 Å². The first-order chi connectivity index (χ1) is 14.2. The zero-order chi connectivity index (χ0) is 19.8. The number of benzene rings is 1. The number of aromatic nitrogens is 3. The minimum absolute atomic E-state index is 0.0459. The highest BCUT2D eigenvalue weighted by molar-refractivity contribution is 7.13. The van der Waals surface area contributed by atoms with Gasteiger partial charge in [-0.2, -0.15) is 5.10 Å². The van der Waals surface area contributed by atoms with Crippen LogP contribution in [-0.4, -0.2) is 38.5 Å². The van der Waals surface area contributed by atoms with Gasteiger partial charge >= 0.3 is 0 Å². The molecule has 29 heavy (non-hydrogen) atoms. The topological polar surface area (TPSA) is 50.5 Å². The molecule has 5 rings (SSSR count). The van der Waals surface area contributed by atoms with Gasteiger partial charge in [-0.1, -0.05) is 18.2 Å². The lowest BCUT2D eigenvalue weighted by Crippen LogP contribution is -2.39. The van der Waals surface area contributed by atoms with E-state index in [9.17, 15) is 9.18 Å². The van der Waals surface area contributed by atoms with Crippen LogP contribution in [0.15, 0.2) is 60.1 Å². The van der Waals surface area contributed by atoms with Crippen LogP contribution < -0.4 is 0 Å². The van der Waals surface area contributed by atoms with Crippen molar-refractivity contribution < 1.29 is 9.18 Å². The summed E-state index contributed by atoms with van der Waals surface area (Å²) >= 11 is 1.69. The molecule has 1 aliphatic rings. The minimum atomic E-state index is -0.480. The van der Waals surface area contributed by atoms with Crippen molar-refractivity contribution in [1.82, 2.24) is 19.5 Å². The molecule has 0 aliphatic carbocycles. The van der Waals surface area contributed by atoms with Crippen LogP contribution in [0.4, 0.5) is 4.39 Å². The Bertz CT molecular complexity index is 1170. The van der Waals surface area contributed by atoms with Crippen LogP contribution in [0.5, 0.6) is 0 Å². The molecule has 3 aromatic heterocycles. The normalized spacial score (nSPS) is 17.0. The maximum Gasteiger partial charge on any atom is 0.256 e. The van der Waals surface area contributed by atoms with Crippen LogP contribution in [0.2, 0.25) is 0 Å². The third kappa shape index (κ3) is 3.42. The third-order valence-electron chi connectivity index (χ3n) is 5.33. The van der Waals surface area contributed by atoms with Crippen molar-refractivity contribution in [3.05, 3.63) is 77.3 Å². The second-order valence-electron chi connectivity index (χ2n) is 7.24. The van der Waals surface area contributed by atoms with Gasteiger partial charge in [0.1, 0.15) is 5.82 Å². The smallest absolute Gasteiger partial charge is 0.256 e. The van der Waals surface area contributed by atoms with Gasteiger partial charge in [0.2, 0.25) is 0 Å². The Kier molecular flexibility index (Phi) is 4.60. The summed E-state index contributed by atoms with van der Waals surface area (Å²) in [6.45, 7) is 1.13. The predicted octanol–water partition coefficient (Wildman–Crippen LogP) is 4.62. The Balaban J connectivity index is 1.40. The summed E-state index contributed by atoms with van der Waals surface area (Å²) in [5.41, 5.74) is 2.01. The Hall–Kier alpha value is -3.06. The number of pyridine rings is 1. The maximum atomic E-state index is 14.0. The first-order valence-corrected chi connectivity index (χ1v) is 10.5. The van der Waals surface area contributed by atoms with E-state index in [0.29, 0.717) is 13.1 Å². The molecular formula is C22H19FN4OS. The van der Waals surface area contributed by atoms with E-state index in [4.69, 9.17) is 0 Å². The number of likely N-dealkylation sites (tertiary alicyclic amines) is 1. The van der Waals surface area contributed by atoms with Crippen molar-refractivity contribution in [2.24, 2.45) is 0 Å². The summed E-state index contributed by atoms with van der Waals surface area (Å²) < 4.78 is 15.8. The molecule has 1 amide bonds. The van der Waals surface area contributed by atoms with Gasteiger partial charge in [0.25, 0.3) is 5.91 Å². The molecule has 4 heterocycles. The number of halogens is 1. The molecule has 0 spiro atoms. The molecule has 0 saturated carbocycles. The third-order valence-corrected chi connectivity index (χ3v) is 6.25. The van der Waals surface area contributed by atoms with Crippen molar-refractivity contribution >= 4 is 22.9 Å². The lowest BCUT2D eigenvalue weighted by Gasteiger charge is -2.31. The first-order valence-electron chi connectivity index (χ1n) is 9.63. The minimum Gasteiger partial charge on any atom is -0.338 e. The van der Waals surface area contributed by atoms with Gasteiger partial charge in [-0.15, -0.1) is 11.3 Å². The largest absolute Gasteiger partial charge is 0.338 e. The Labute approximate surface area is 171 Å². The lowest BCUT2D eigenvalue weighted by atomic mass is 9.96. The highest BCUT2D eigenvalue weighted by Crippen LogP contribution is 2.28. The van der Waals surface area contributed by atoms with E-state index < -0.39 is 5.82 Å². The molecule has 0 unspecified atom stereocenters. The molecule has 4 aromatic rings. The Morgan fingerprint density at radius 1 is 1.14 bits per heavy atom. The standard InChI is InChI=1S/C22H19FN4OS/c23-18-7-2-1-6-17(18)22(28)26-11-3-5-16(13-26)21-24-20-10-9-15(14-27(20)25-21)19-8-4-12-29-19/h1-2,4,6-10,12,14,16H,3,5,11,13H2/t16-/m1/s1. The maximum absolute atomic E-state index is 14.0. The number of carbonyl (C=O) groups is 1. The second kappa shape index (κ2) is 7.40. The van der Waals surface area contributed by atoms with E-state index in [-0.39, 0.29) is 17.4 Å². The Morgan fingerprint density at radius 3 is 2.86 bits per heavy atom. The zero-order valence-corrected chi connectivity index (χ0v) is 16.5. The number of carbonyl (C=O) groups excluding carboxylic acids is 1. The molecular weight excluding hydrogens is 387 g/mol.